The molecule has 0 aliphatic heterocycles. The minimum absolute atomic E-state index is 0.208. The quantitative estimate of drug-likeness (QED) is 0.406. The van der Waals surface area contributed by atoms with Crippen molar-refractivity contribution in [1.29, 1.82) is 0 Å². The number of ether oxygens (including phenoxy) is 1. The Kier molecular flexibility index (Phi) is 8.55. The van der Waals surface area contributed by atoms with Crippen molar-refractivity contribution in [3.8, 4) is 0 Å². The molecule has 2 N–H and O–H groups in total. The van der Waals surface area contributed by atoms with Crippen LogP contribution in [0.15, 0.2) is 12.1 Å². The monoisotopic (exact) mass is 511 g/mol. The fraction of sp³-hybridized carbons (Fsp3) is 0.458. The third kappa shape index (κ3) is 6.02. The van der Waals surface area contributed by atoms with Gasteiger partial charge in [-0.25, -0.2) is 18.0 Å². The highest BCUT2D eigenvalue weighted by Crippen LogP contribution is 2.40. The van der Waals surface area contributed by atoms with E-state index < -0.39 is 47.0 Å². The number of nitrogens with one attached hydrogen (secondary N) is 2. The summed E-state index contributed by atoms with van der Waals surface area (Å²) < 4.78 is 45.5. The van der Waals surface area contributed by atoms with E-state index in [2.05, 4.69) is 17.6 Å². The molecule has 0 saturated heterocycles. The summed E-state index contributed by atoms with van der Waals surface area (Å²) in [6.07, 6.45) is 2.49. The van der Waals surface area contributed by atoms with Crippen LogP contribution in [0.1, 0.15) is 48.0 Å². The second-order valence-electron chi connectivity index (χ2n) is 8.63. The fourth-order valence-corrected chi connectivity index (χ4v) is 5.25. The van der Waals surface area contributed by atoms with Crippen LogP contribution in [0, 0.1) is 23.4 Å². The van der Waals surface area contributed by atoms with Crippen molar-refractivity contribution < 1.29 is 32.3 Å². The summed E-state index contributed by atoms with van der Waals surface area (Å²) in [5.74, 6) is -5.73. The number of thiophene rings is 1. The van der Waals surface area contributed by atoms with Crippen LogP contribution in [-0.4, -0.2) is 48.9 Å². The van der Waals surface area contributed by atoms with Crippen molar-refractivity contribution in [3.63, 3.8) is 0 Å². The molecule has 2 amide bonds. The number of nitrogens with zero attached hydrogens (tertiary/aromatic N) is 1. The van der Waals surface area contributed by atoms with Crippen molar-refractivity contribution in [3.05, 3.63) is 45.6 Å². The average molecular weight is 512 g/mol. The van der Waals surface area contributed by atoms with Crippen LogP contribution in [0.25, 0.3) is 0 Å². The number of amides is 2. The van der Waals surface area contributed by atoms with Crippen molar-refractivity contribution in [2.45, 2.75) is 46.1 Å². The number of hydrogen-bond donors (Lipinski definition) is 2. The van der Waals surface area contributed by atoms with E-state index in [0.29, 0.717) is 22.5 Å². The predicted molar refractivity (Wildman–Crippen MR) is 127 cm³/mol. The number of halogens is 3. The summed E-state index contributed by atoms with van der Waals surface area (Å²) >= 11 is 1.36. The lowest BCUT2D eigenvalue weighted by Gasteiger charge is -2.23. The molecule has 1 aromatic carbocycles. The fourth-order valence-electron chi connectivity index (χ4n) is 3.85. The second-order valence-corrected chi connectivity index (χ2v) is 9.73. The van der Waals surface area contributed by atoms with E-state index in [1.165, 1.54) is 23.3 Å². The molecule has 190 valence electrons. The second kappa shape index (κ2) is 11.2. The van der Waals surface area contributed by atoms with Gasteiger partial charge in [-0.1, -0.05) is 6.92 Å². The van der Waals surface area contributed by atoms with Crippen molar-refractivity contribution in [1.82, 2.24) is 4.90 Å². The molecule has 2 unspecified atom stereocenters. The molecule has 1 aliphatic carbocycles. The summed E-state index contributed by atoms with van der Waals surface area (Å²) in [6, 6.07) is 0.817. The Morgan fingerprint density at radius 3 is 2.60 bits per heavy atom. The van der Waals surface area contributed by atoms with Gasteiger partial charge in [-0.05, 0) is 63.8 Å². The molecule has 11 heteroatoms. The Labute approximate surface area is 205 Å². The lowest BCUT2D eigenvalue weighted by Crippen LogP contribution is -2.43. The molecule has 1 heterocycles. The smallest absolute Gasteiger partial charge is 0.341 e. The number of anilines is 2. The Morgan fingerprint density at radius 1 is 1.20 bits per heavy atom. The molecule has 0 saturated carbocycles. The molecule has 7 nitrogen and oxygen atoms in total. The van der Waals surface area contributed by atoms with E-state index in [0.717, 1.165) is 35.8 Å². The Morgan fingerprint density at radius 2 is 1.91 bits per heavy atom. The van der Waals surface area contributed by atoms with Gasteiger partial charge in [0.1, 0.15) is 5.00 Å². The Balaban J connectivity index is 1.69. The van der Waals surface area contributed by atoms with Gasteiger partial charge in [-0.15, -0.1) is 11.3 Å². The molecule has 2 atom stereocenters. The Bertz CT molecular complexity index is 1140. The zero-order valence-corrected chi connectivity index (χ0v) is 20.8. The number of likely N-dealkylation sites (N-methyl/N-ethyl adjacent to an activating group) is 1. The van der Waals surface area contributed by atoms with Crippen LogP contribution < -0.4 is 10.6 Å². The molecule has 0 fully saturated rings. The largest absolute Gasteiger partial charge is 0.462 e. The van der Waals surface area contributed by atoms with E-state index in [1.54, 1.807) is 13.8 Å². The van der Waals surface area contributed by atoms with Gasteiger partial charge in [0.15, 0.2) is 17.5 Å². The maximum atomic E-state index is 13.8. The van der Waals surface area contributed by atoms with E-state index in [1.807, 2.05) is 0 Å². The number of esters is 1. The zero-order valence-electron chi connectivity index (χ0n) is 20.0. The summed E-state index contributed by atoms with van der Waals surface area (Å²) in [4.78, 5) is 40.4. The molecule has 3 rings (SSSR count). The highest BCUT2D eigenvalue weighted by atomic mass is 32.1. The number of benzene rings is 1. The molecule has 0 bridgehead atoms. The van der Waals surface area contributed by atoms with Crippen molar-refractivity contribution in [2.75, 3.05) is 30.8 Å². The van der Waals surface area contributed by atoms with E-state index in [4.69, 9.17) is 4.74 Å². The molecular formula is C24H28F3N3O4S. The van der Waals surface area contributed by atoms with Crippen LogP contribution in [0.2, 0.25) is 0 Å². The minimum Gasteiger partial charge on any atom is -0.462 e. The van der Waals surface area contributed by atoms with Crippen molar-refractivity contribution in [2.24, 2.45) is 5.92 Å². The number of carbonyl (C=O) groups excluding carboxylic acids is 3. The van der Waals surface area contributed by atoms with Gasteiger partial charge < -0.3 is 15.4 Å². The van der Waals surface area contributed by atoms with Gasteiger partial charge in [-0.2, -0.15) is 0 Å². The van der Waals surface area contributed by atoms with Crippen molar-refractivity contribution >= 4 is 39.8 Å². The SMILES string of the molecule is CCOC(=O)c1c(NC(=O)C(C)N(C)CC(=O)Nc2ccc(F)c(F)c2F)sc2c1CCC(C)C2. The predicted octanol–water partition coefficient (Wildman–Crippen LogP) is 4.36. The van der Waals surface area contributed by atoms with Crippen LogP contribution >= 0.6 is 11.3 Å². The molecule has 0 radical (unpaired) electrons. The van der Waals surface area contributed by atoms with E-state index in [9.17, 15) is 27.6 Å². The van der Waals surface area contributed by atoms with Gasteiger partial charge >= 0.3 is 5.97 Å². The summed E-state index contributed by atoms with van der Waals surface area (Å²) in [6.45, 7) is 5.31. The Hall–Kier alpha value is -2.92. The van der Waals surface area contributed by atoms with Crippen LogP contribution in [-0.2, 0) is 27.2 Å². The third-order valence-corrected chi connectivity index (χ3v) is 7.14. The lowest BCUT2D eigenvalue weighted by molar-refractivity contribution is -0.122. The molecular weight excluding hydrogens is 483 g/mol. The van der Waals surface area contributed by atoms with Gasteiger partial charge in [0, 0.05) is 4.88 Å². The minimum atomic E-state index is -1.69. The average Bonchev–Trinajstić information content (AvgIpc) is 3.15. The van der Waals surface area contributed by atoms with Gasteiger partial charge in [0.05, 0.1) is 30.4 Å². The standard InChI is InChI=1S/C24H28F3N3O4S/c1-5-34-24(33)19-14-7-6-12(2)10-17(14)35-23(19)29-22(32)13(3)30(4)11-18(31)28-16-9-8-15(25)20(26)21(16)27/h8-9,12-13H,5-7,10-11H2,1-4H3,(H,28,31)(H,29,32). The molecule has 0 spiro atoms. The van der Waals surface area contributed by atoms with Gasteiger partial charge in [0.25, 0.3) is 0 Å². The molecule has 1 aliphatic rings. The number of rotatable bonds is 8. The normalized spacial score (nSPS) is 15.9. The summed E-state index contributed by atoms with van der Waals surface area (Å²) in [5, 5.41) is 5.39. The van der Waals surface area contributed by atoms with Crippen LogP contribution in [0.5, 0.6) is 0 Å². The van der Waals surface area contributed by atoms with E-state index in [-0.39, 0.29) is 13.2 Å². The first kappa shape index (κ1) is 26.7. The number of carbonyl (C=O) groups is 3. The summed E-state index contributed by atoms with van der Waals surface area (Å²) in [7, 11) is 1.51. The zero-order chi connectivity index (χ0) is 25.9. The topological polar surface area (TPSA) is 87.7 Å². The number of hydrogen-bond acceptors (Lipinski definition) is 6. The number of fused-ring (bicyclic) bond motifs is 1. The molecule has 1 aromatic heterocycles. The van der Waals surface area contributed by atoms with Gasteiger partial charge in [-0.3, -0.25) is 14.5 Å². The highest BCUT2D eigenvalue weighted by molar-refractivity contribution is 7.17. The van der Waals surface area contributed by atoms with Crippen LogP contribution in [0.3, 0.4) is 0 Å². The maximum Gasteiger partial charge on any atom is 0.341 e. The molecule has 35 heavy (non-hydrogen) atoms. The van der Waals surface area contributed by atoms with Crippen LogP contribution in [0.4, 0.5) is 23.9 Å². The molecule has 2 aromatic rings. The first-order chi connectivity index (χ1) is 16.5. The third-order valence-electron chi connectivity index (χ3n) is 5.97. The van der Waals surface area contributed by atoms with E-state index >= 15 is 0 Å². The summed E-state index contributed by atoms with van der Waals surface area (Å²) in [5.41, 5.74) is 0.793. The first-order valence-electron chi connectivity index (χ1n) is 11.3. The van der Waals surface area contributed by atoms with Gasteiger partial charge in [0.2, 0.25) is 11.8 Å². The highest BCUT2D eigenvalue weighted by Gasteiger charge is 2.30. The lowest BCUT2D eigenvalue weighted by atomic mass is 9.88. The maximum absolute atomic E-state index is 13.8. The first-order valence-corrected chi connectivity index (χ1v) is 12.1.